The molecule has 0 aliphatic carbocycles. The number of nitrogens with two attached hydrogens (primary N) is 1. The fourth-order valence-electron chi connectivity index (χ4n) is 1.27. The Bertz CT molecular complexity index is 297. The van der Waals surface area contributed by atoms with Gasteiger partial charge in [-0.25, -0.2) is 4.79 Å². The molecular formula is C10H13NO2. The van der Waals surface area contributed by atoms with Crippen molar-refractivity contribution < 1.29 is 9.63 Å². The van der Waals surface area contributed by atoms with E-state index in [0.717, 1.165) is 18.4 Å². The van der Waals surface area contributed by atoms with Gasteiger partial charge in [0.25, 0.3) is 0 Å². The predicted octanol–water partition coefficient (Wildman–Crippen LogP) is 1.67. The Morgan fingerprint density at radius 1 is 1.46 bits per heavy atom. The van der Waals surface area contributed by atoms with Crippen LogP contribution in [0.1, 0.15) is 29.3 Å². The molecule has 1 aromatic carbocycles. The zero-order valence-corrected chi connectivity index (χ0v) is 7.62. The Hall–Kier alpha value is -1.35. The summed E-state index contributed by atoms with van der Waals surface area (Å²) in [5.41, 5.74) is 1.55. The molecular weight excluding hydrogens is 166 g/mol. The molecule has 0 bridgehead atoms. The molecule has 70 valence electrons. The lowest BCUT2D eigenvalue weighted by Gasteiger charge is -2.04. The van der Waals surface area contributed by atoms with E-state index in [1.54, 1.807) is 12.1 Å². The van der Waals surface area contributed by atoms with Crippen molar-refractivity contribution in [2.45, 2.75) is 19.8 Å². The number of hydrogen-bond acceptors (Lipinski definition) is 3. The molecule has 0 aliphatic heterocycles. The molecule has 0 saturated heterocycles. The van der Waals surface area contributed by atoms with Crippen molar-refractivity contribution in [3.8, 4) is 0 Å². The van der Waals surface area contributed by atoms with E-state index >= 15 is 0 Å². The van der Waals surface area contributed by atoms with E-state index in [4.69, 9.17) is 5.90 Å². The van der Waals surface area contributed by atoms with Crippen molar-refractivity contribution in [1.82, 2.24) is 0 Å². The van der Waals surface area contributed by atoms with E-state index in [2.05, 4.69) is 11.8 Å². The third-order valence-corrected chi connectivity index (χ3v) is 1.86. The maximum atomic E-state index is 11.2. The van der Waals surface area contributed by atoms with Crippen molar-refractivity contribution in [3.05, 3.63) is 35.4 Å². The maximum absolute atomic E-state index is 11.2. The SMILES string of the molecule is CCCc1ccccc1C(=O)ON. The van der Waals surface area contributed by atoms with Crippen LogP contribution in [0.25, 0.3) is 0 Å². The van der Waals surface area contributed by atoms with Crippen LogP contribution in [0.2, 0.25) is 0 Å². The molecule has 3 heteroatoms. The second-order valence-electron chi connectivity index (χ2n) is 2.81. The maximum Gasteiger partial charge on any atom is 0.356 e. The molecule has 1 rings (SSSR count). The van der Waals surface area contributed by atoms with Gasteiger partial charge in [0, 0.05) is 0 Å². The van der Waals surface area contributed by atoms with E-state index in [9.17, 15) is 4.79 Å². The molecule has 3 nitrogen and oxygen atoms in total. The lowest BCUT2D eigenvalue weighted by atomic mass is 10.0. The minimum atomic E-state index is -0.468. The number of carbonyl (C=O) groups excluding carboxylic acids is 1. The Labute approximate surface area is 77.5 Å². The largest absolute Gasteiger partial charge is 0.370 e. The highest BCUT2D eigenvalue weighted by Gasteiger charge is 2.09. The van der Waals surface area contributed by atoms with Crippen LogP contribution in [0, 0.1) is 0 Å². The Morgan fingerprint density at radius 3 is 2.77 bits per heavy atom. The van der Waals surface area contributed by atoms with Crippen molar-refractivity contribution in [2.75, 3.05) is 0 Å². The molecule has 0 unspecified atom stereocenters. The molecule has 0 aliphatic rings. The third-order valence-electron chi connectivity index (χ3n) is 1.86. The van der Waals surface area contributed by atoms with Gasteiger partial charge in [-0.05, 0) is 18.1 Å². The lowest BCUT2D eigenvalue weighted by molar-refractivity contribution is 0.0502. The second kappa shape index (κ2) is 4.62. The van der Waals surface area contributed by atoms with Gasteiger partial charge in [0.2, 0.25) is 0 Å². The van der Waals surface area contributed by atoms with Crippen LogP contribution in [0.4, 0.5) is 0 Å². The first-order valence-electron chi connectivity index (χ1n) is 4.28. The van der Waals surface area contributed by atoms with E-state index in [0.29, 0.717) is 5.56 Å². The monoisotopic (exact) mass is 179 g/mol. The highest BCUT2D eigenvalue weighted by Crippen LogP contribution is 2.11. The Balaban J connectivity index is 2.97. The topological polar surface area (TPSA) is 52.3 Å². The molecule has 1 aromatic rings. The predicted molar refractivity (Wildman–Crippen MR) is 50.0 cm³/mol. The molecule has 0 amide bonds. The molecule has 13 heavy (non-hydrogen) atoms. The molecule has 0 atom stereocenters. The third kappa shape index (κ3) is 2.29. The van der Waals surface area contributed by atoms with Gasteiger partial charge in [-0.2, -0.15) is 5.90 Å². The molecule has 0 aromatic heterocycles. The number of aryl methyl sites for hydroxylation is 1. The minimum absolute atomic E-state index is 0.468. The highest BCUT2D eigenvalue weighted by molar-refractivity contribution is 5.90. The van der Waals surface area contributed by atoms with Crippen LogP contribution >= 0.6 is 0 Å². The molecule has 0 fully saturated rings. The average molecular weight is 179 g/mol. The summed E-state index contributed by atoms with van der Waals surface area (Å²) in [6.45, 7) is 2.06. The van der Waals surface area contributed by atoms with Crippen molar-refractivity contribution in [3.63, 3.8) is 0 Å². The van der Waals surface area contributed by atoms with Crippen LogP contribution in [-0.4, -0.2) is 5.97 Å². The van der Waals surface area contributed by atoms with E-state index in [1.165, 1.54) is 0 Å². The highest BCUT2D eigenvalue weighted by atomic mass is 16.7. The van der Waals surface area contributed by atoms with Gasteiger partial charge in [0.1, 0.15) is 0 Å². The van der Waals surface area contributed by atoms with E-state index in [1.807, 2.05) is 12.1 Å². The number of carbonyl (C=O) groups is 1. The van der Waals surface area contributed by atoms with Gasteiger partial charge in [-0.15, -0.1) is 0 Å². The average Bonchev–Trinajstić information content (AvgIpc) is 2.18. The quantitative estimate of drug-likeness (QED) is 0.718. The first-order valence-corrected chi connectivity index (χ1v) is 4.28. The summed E-state index contributed by atoms with van der Waals surface area (Å²) in [7, 11) is 0. The van der Waals surface area contributed by atoms with Crippen molar-refractivity contribution in [2.24, 2.45) is 5.90 Å². The summed E-state index contributed by atoms with van der Waals surface area (Å²) < 4.78 is 0. The second-order valence-corrected chi connectivity index (χ2v) is 2.81. The van der Waals surface area contributed by atoms with Crippen molar-refractivity contribution >= 4 is 5.97 Å². The summed E-state index contributed by atoms with van der Waals surface area (Å²) >= 11 is 0. The van der Waals surface area contributed by atoms with Crippen LogP contribution in [0.15, 0.2) is 24.3 Å². The van der Waals surface area contributed by atoms with Crippen LogP contribution < -0.4 is 5.90 Å². The lowest BCUT2D eigenvalue weighted by Crippen LogP contribution is -2.12. The summed E-state index contributed by atoms with van der Waals surface area (Å²) in [6, 6.07) is 7.33. The summed E-state index contributed by atoms with van der Waals surface area (Å²) in [6.07, 6.45) is 1.86. The fraction of sp³-hybridized carbons (Fsp3) is 0.300. The van der Waals surface area contributed by atoms with Crippen LogP contribution in [0.5, 0.6) is 0 Å². The zero-order chi connectivity index (χ0) is 9.68. The summed E-state index contributed by atoms with van der Waals surface area (Å²) in [5.74, 6) is 4.35. The van der Waals surface area contributed by atoms with Gasteiger partial charge in [-0.3, -0.25) is 0 Å². The standard InChI is InChI=1S/C10H13NO2/c1-2-5-8-6-3-4-7-9(8)10(12)13-11/h3-4,6-7H,2,5,11H2,1H3. The Morgan fingerprint density at radius 2 is 2.15 bits per heavy atom. The van der Waals surface area contributed by atoms with Crippen molar-refractivity contribution in [1.29, 1.82) is 0 Å². The van der Waals surface area contributed by atoms with Gasteiger partial charge < -0.3 is 4.84 Å². The Kier molecular flexibility index (Phi) is 3.46. The minimum Gasteiger partial charge on any atom is -0.370 e. The van der Waals surface area contributed by atoms with Crippen LogP contribution in [-0.2, 0) is 11.3 Å². The van der Waals surface area contributed by atoms with Gasteiger partial charge >= 0.3 is 5.97 Å². The molecule has 0 heterocycles. The normalized spacial score (nSPS) is 9.69. The molecule has 2 N–H and O–H groups in total. The van der Waals surface area contributed by atoms with Crippen LogP contribution in [0.3, 0.4) is 0 Å². The number of benzene rings is 1. The van der Waals surface area contributed by atoms with Gasteiger partial charge in [0.15, 0.2) is 0 Å². The number of hydrogen-bond donors (Lipinski definition) is 1. The van der Waals surface area contributed by atoms with E-state index < -0.39 is 5.97 Å². The molecule has 0 spiro atoms. The fourth-order valence-corrected chi connectivity index (χ4v) is 1.27. The number of rotatable bonds is 3. The van der Waals surface area contributed by atoms with Gasteiger partial charge in [-0.1, -0.05) is 31.5 Å². The first-order chi connectivity index (χ1) is 6.29. The summed E-state index contributed by atoms with van der Waals surface area (Å²) in [4.78, 5) is 15.3. The molecule has 0 radical (unpaired) electrons. The smallest absolute Gasteiger partial charge is 0.356 e. The first kappa shape index (κ1) is 9.74. The zero-order valence-electron chi connectivity index (χ0n) is 7.62. The van der Waals surface area contributed by atoms with Gasteiger partial charge in [0.05, 0.1) is 5.56 Å². The summed E-state index contributed by atoms with van der Waals surface area (Å²) in [5, 5.41) is 0. The molecule has 0 saturated carbocycles. The van der Waals surface area contributed by atoms with E-state index in [-0.39, 0.29) is 0 Å².